The standard InChI is InChI=1S/C17H14BrN3O2S/c18-10-4-6-11(7-5-10)20-14(22)8-21-9-19-16-15(17(21)23)12-2-1-3-13(12)24-16/h4-7,9H,1-3,8H2,(H,20,22). The molecule has 24 heavy (non-hydrogen) atoms. The van der Waals surface area contributed by atoms with Crippen LogP contribution in [0, 0.1) is 0 Å². The number of nitrogens with one attached hydrogen (secondary N) is 1. The summed E-state index contributed by atoms with van der Waals surface area (Å²) in [5, 5.41) is 3.49. The average molecular weight is 404 g/mol. The Hall–Kier alpha value is -1.99. The Kier molecular flexibility index (Phi) is 3.97. The van der Waals surface area contributed by atoms with Gasteiger partial charge in [0.25, 0.3) is 5.56 Å². The zero-order valence-electron chi connectivity index (χ0n) is 12.7. The number of benzene rings is 1. The topological polar surface area (TPSA) is 64.0 Å². The average Bonchev–Trinajstić information content (AvgIpc) is 3.13. The monoisotopic (exact) mass is 403 g/mol. The highest BCUT2D eigenvalue weighted by Gasteiger charge is 2.21. The molecule has 4 rings (SSSR count). The summed E-state index contributed by atoms with van der Waals surface area (Å²) in [6.45, 7) is -0.0392. The lowest BCUT2D eigenvalue weighted by molar-refractivity contribution is -0.116. The molecule has 0 saturated heterocycles. The minimum atomic E-state index is -0.243. The van der Waals surface area contributed by atoms with Gasteiger partial charge in [-0.05, 0) is 49.1 Å². The lowest BCUT2D eigenvalue weighted by Gasteiger charge is -2.07. The van der Waals surface area contributed by atoms with Crippen LogP contribution in [0.1, 0.15) is 16.9 Å². The summed E-state index contributed by atoms with van der Waals surface area (Å²) in [5.41, 5.74) is 1.71. The molecule has 2 heterocycles. The summed E-state index contributed by atoms with van der Waals surface area (Å²) < 4.78 is 2.33. The summed E-state index contributed by atoms with van der Waals surface area (Å²) in [4.78, 5) is 31.4. The molecule has 1 amide bonds. The third-order valence-electron chi connectivity index (χ3n) is 4.13. The van der Waals surface area contributed by atoms with Gasteiger partial charge in [-0.3, -0.25) is 14.2 Å². The van der Waals surface area contributed by atoms with E-state index in [2.05, 4.69) is 26.2 Å². The molecule has 122 valence electrons. The normalized spacial score (nSPS) is 13.2. The lowest BCUT2D eigenvalue weighted by Crippen LogP contribution is -2.28. The highest BCUT2D eigenvalue weighted by Crippen LogP contribution is 2.34. The Balaban J connectivity index is 1.60. The molecule has 2 aromatic heterocycles. The fraction of sp³-hybridized carbons (Fsp3) is 0.235. The molecule has 1 aromatic carbocycles. The molecule has 0 spiro atoms. The molecule has 5 nitrogen and oxygen atoms in total. The summed E-state index contributed by atoms with van der Waals surface area (Å²) in [5.74, 6) is -0.243. The van der Waals surface area contributed by atoms with E-state index in [0.717, 1.165) is 34.1 Å². The van der Waals surface area contributed by atoms with Crippen molar-refractivity contribution in [2.24, 2.45) is 0 Å². The molecule has 1 aliphatic carbocycles. The van der Waals surface area contributed by atoms with Crippen molar-refractivity contribution < 1.29 is 4.79 Å². The quantitative estimate of drug-likeness (QED) is 0.728. The second kappa shape index (κ2) is 6.14. The maximum absolute atomic E-state index is 12.7. The third-order valence-corrected chi connectivity index (χ3v) is 5.86. The van der Waals surface area contributed by atoms with E-state index in [1.165, 1.54) is 15.8 Å². The molecule has 0 saturated carbocycles. The first-order valence-electron chi connectivity index (χ1n) is 7.67. The number of anilines is 1. The molecular formula is C17H14BrN3O2S. The van der Waals surface area contributed by atoms with Crippen LogP contribution in [0.25, 0.3) is 10.2 Å². The van der Waals surface area contributed by atoms with Gasteiger partial charge in [0, 0.05) is 15.0 Å². The number of hydrogen-bond acceptors (Lipinski definition) is 4. The molecule has 0 aliphatic heterocycles. The number of halogens is 1. The van der Waals surface area contributed by atoms with Crippen molar-refractivity contribution in [2.75, 3.05) is 5.32 Å². The Morgan fingerprint density at radius 1 is 1.29 bits per heavy atom. The van der Waals surface area contributed by atoms with E-state index in [9.17, 15) is 9.59 Å². The van der Waals surface area contributed by atoms with Crippen molar-refractivity contribution in [1.29, 1.82) is 0 Å². The van der Waals surface area contributed by atoms with Crippen LogP contribution in [0.2, 0.25) is 0 Å². The van der Waals surface area contributed by atoms with Gasteiger partial charge >= 0.3 is 0 Å². The fourth-order valence-corrected chi connectivity index (χ4v) is 4.50. The largest absolute Gasteiger partial charge is 0.325 e. The van der Waals surface area contributed by atoms with Gasteiger partial charge in [0.2, 0.25) is 5.91 Å². The Labute approximate surface area is 150 Å². The molecule has 0 radical (unpaired) electrons. The van der Waals surface area contributed by atoms with Gasteiger partial charge in [-0.15, -0.1) is 11.3 Å². The van der Waals surface area contributed by atoms with Crippen molar-refractivity contribution in [2.45, 2.75) is 25.8 Å². The van der Waals surface area contributed by atoms with Crippen LogP contribution in [0.15, 0.2) is 39.9 Å². The molecule has 1 aliphatic rings. The first-order valence-corrected chi connectivity index (χ1v) is 9.28. The van der Waals surface area contributed by atoms with Gasteiger partial charge < -0.3 is 5.32 Å². The third kappa shape index (κ3) is 2.78. The van der Waals surface area contributed by atoms with Crippen molar-refractivity contribution in [3.63, 3.8) is 0 Å². The number of aryl methyl sites for hydroxylation is 2. The maximum atomic E-state index is 12.7. The summed E-state index contributed by atoms with van der Waals surface area (Å²) in [6.07, 6.45) is 4.52. The van der Waals surface area contributed by atoms with Gasteiger partial charge in [0.05, 0.1) is 11.7 Å². The van der Waals surface area contributed by atoms with E-state index in [1.807, 2.05) is 12.1 Å². The lowest BCUT2D eigenvalue weighted by atomic mass is 10.2. The summed E-state index contributed by atoms with van der Waals surface area (Å²) in [7, 11) is 0. The van der Waals surface area contributed by atoms with E-state index < -0.39 is 0 Å². The van der Waals surface area contributed by atoms with E-state index in [-0.39, 0.29) is 18.0 Å². The van der Waals surface area contributed by atoms with Gasteiger partial charge in [-0.2, -0.15) is 0 Å². The molecular weight excluding hydrogens is 390 g/mol. The van der Waals surface area contributed by atoms with Crippen molar-refractivity contribution in [1.82, 2.24) is 9.55 Å². The number of amides is 1. The summed E-state index contributed by atoms with van der Waals surface area (Å²) in [6, 6.07) is 7.31. The molecule has 0 bridgehead atoms. The predicted molar refractivity (Wildman–Crippen MR) is 98.7 cm³/mol. The van der Waals surface area contributed by atoms with Crippen LogP contribution in [-0.2, 0) is 24.2 Å². The van der Waals surface area contributed by atoms with E-state index in [1.54, 1.807) is 23.5 Å². The number of hydrogen-bond donors (Lipinski definition) is 1. The SMILES string of the molecule is O=C(Cn1cnc2sc3c(c2c1=O)CCC3)Nc1ccc(Br)cc1. The first-order chi connectivity index (χ1) is 11.6. The zero-order valence-corrected chi connectivity index (χ0v) is 15.1. The second-order valence-corrected chi connectivity index (χ2v) is 7.77. The zero-order chi connectivity index (χ0) is 16.7. The highest BCUT2D eigenvalue weighted by atomic mass is 79.9. The van der Waals surface area contributed by atoms with Crippen LogP contribution in [0.4, 0.5) is 5.69 Å². The number of carbonyl (C=O) groups excluding carboxylic acids is 1. The van der Waals surface area contributed by atoms with Crippen molar-refractivity contribution in [3.8, 4) is 0 Å². The van der Waals surface area contributed by atoms with Crippen molar-refractivity contribution in [3.05, 3.63) is 55.9 Å². The number of fused-ring (bicyclic) bond motifs is 3. The number of aromatic nitrogens is 2. The van der Waals surface area contributed by atoms with E-state index in [4.69, 9.17) is 0 Å². The molecule has 0 atom stereocenters. The number of carbonyl (C=O) groups is 1. The molecule has 1 N–H and O–H groups in total. The predicted octanol–water partition coefficient (Wildman–Crippen LogP) is 3.35. The Bertz CT molecular complexity index is 991. The molecule has 7 heteroatoms. The first kappa shape index (κ1) is 15.5. The van der Waals surface area contributed by atoms with Gasteiger partial charge in [0.1, 0.15) is 11.4 Å². The van der Waals surface area contributed by atoms with Crippen LogP contribution in [0.3, 0.4) is 0 Å². The number of thiophene rings is 1. The van der Waals surface area contributed by atoms with Gasteiger partial charge in [-0.1, -0.05) is 15.9 Å². The smallest absolute Gasteiger partial charge is 0.262 e. The highest BCUT2D eigenvalue weighted by molar-refractivity contribution is 9.10. The second-order valence-electron chi connectivity index (χ2n) is 5.77. The maximum Gasteiger partial charge on any atom is 0.262 e. The van der Waals surface area contributed by atoms with E-state index >= 15 is 0 Å². The minimum Gasteiger partial charge on any atom is -0.325 e. The summed E-state index contributed by atoms with van der Waals surface area (Å²) >= 11 is 4.96. The van der Waals surface area contributed by atoms with Crippen LogP contribution in [0.5, 0.6) is 0 Å². The molecule has 3 aromatic rings. The van der Waals surface area contributed by atoms with Crippen molar-refractivity contribution >= 4 is 49.1 Å². The van der Waals surface area contributed by atoms with Crippen LogP contribution < -0.4 is 10.9 Å². The molecule has 0 unspecified atom stereocenters. The number of rotatable bonds is 3. The minimum absolute atomic E-state index is 0.0392. The van der Waals surface area contributed by atoms with E-state index in [0.29, 0.717) is 11.1 Å². The Morgan fingerprint density at radius 3 is 2.88 bits per heavy atom. The molecule has 0 fully saturated rings. The van der Waals surface area contributed by atoms with Gasteiger partial charge in [-0.25, -0.2) is 4.98 Å². The fourth-order valence-electron chi connectivity index (χ4n) is 3.02. The van der Waals surface area contributed by atoms with Crippen LogP contribution in [-0.4, -0.2) is 15.5 Å². The van der Waals surface area contributed by atoms with Gasteiger partial charge in [0.15, 0.2) is 0 Å². The number of nitrogens with zero attached hydrogens (tertiary/aromatic N) is 2. The van der Waals surface area contributed by atoms with Crippen LogP contribution >= 0.6 is 27.3 Å². The Morgan fingerprint density at radius 2 is 2.08 bits per heavy atom.